The average Bonchev–Trinajstić information content (AvgIpc) is 2.77. The molecule has 4 N–H and O–H groups in total. The summed E-state index contributed by atoms with van der Waals surface area (Å²) >= 11 is 0. The first-order chi connectivity index (χ1) is 16.4. The second-order valence-corrected chi connectivity index (χ2v) is 9.26. The molecule has 0 aliphatic rings. The van der Waals surface area contributed by atoms with E-state index >= 15 is 0 Å². The molecule has 0 aliphatic carbocycles. The van der Waals surface area contributed by atoms with E-state index in [0.29, 0.717) is 16.8 Å². The fourth-order valence-electron chi connectivity index (χ4n) is 3.54. The highest BCUT2D eigenvalue weighted by Crippen LogP contribution is 2.28. The van der Waals surface area contributed by atoms with Crippen LogP contribution in [0.25, 0.3) is 0 Å². The van der Waals surface area contributed by atoms with Gasteiger partial charge < -0.3 is 30.5 Å². The summed E-state index contributed by atoms with van der Waals surface area (Å²) < 4.78 is 5.21. The van der Waals surface area contributed by atoms with E-state index in [1.165, 1.54) is 11.0 Å². The van der Waals surface area contributed by atoms with Crippen LogP contribution < -0.4 is 10.6 Å². The second-order valence-electron chi connectivity index (χ2n) is 9.26. The number of ether oxygens (including phenoxy) is 1. The first-order valence-electron chi connectivity index (χ1n) is 11.4. The normalized spacial score (nSPS) is 12.9. The molecule has 2 unspecified atom stereocenters. The first-order valence-corrected chi connectivity index (χ1v) is 11.4. The van der Waals surface area contributed by atoms with Crippen molar-refractivity contribution >= 4 is 23.6 Å². The molecule has 0 radical (unpaired) electrons. The third kappa shape index (κ3) is 7.45. The lowest BCUT2D eigenvalue weighted by Crippen LogP contribution is -2.53. The zero-order valence-electron chi connectivity index (χ0n) is 21.1. The zero-order valence-corrected chi connectivity index (χ0v) is 21.1. The number of aliphatic hydroxyl groups excluding tert-OH is 1. The van der Waals surface area contributed by atoms with Gasteiger partial charge in [-0.05, 0) is 76.4 Å². The lowest BCUT2D eigenvalue weighted by molar-refractivity contribution is -0.141. The maximum Gasteiger partial charge on any atom is 0.408 e. The predicted octanol–water partition coefficient (Wildman–Crippen LogP) is 3.42. The van der Waals surface area contributed by atoms with Crippen LogP contribution in [-0.4, -0.2) is 57.8 Å². The van der Waals surface area contributed by atoms with Gasteiger partial charge >= 0.3 is 6.09 Å². The Bertz CT molecular complexity index is 1060. The Hall–Kier alpha value is -3.59. The standard InChI is InChI=1S/C26H35N3O6/c1-7-29(24(33)20(15-30)28-25(34)35-26(4,5)6)22(18-12-13-21(31)17(3)14-18)23(32)27-19-11-9-8-10-16(19)2/h8-14,20,22,30-31H,7,15H2,1-6H3,(H,27,32)(H,28,34). The van der Waals surface area contributed by atoms with Crippen LogP contribution in [0.15, 0.2) is 42.5 Å². The Balaban J connectivity index is 2.43. The maximum atomic E-state index is 13.5. The topological polar surface area (TPSA) is 128 Å². The van der Waals surface area contributed by atoms with Crippen molar-refractivity contribution < 1.29 is 29.3 Å². The van der Waals surface area contributed by atoms with Gasteiger partial charge in [0, 0.05) is 12.2 Å². The highest BCUT2D eigenvalue weighted by atomic mass is 16.6. The molecule has 2 atom stereocenters. The van der Waals surface area contributed by atoms with Crippen LogP contribution in [0.4, 0.5) is 10.5 Å². The lowest BCUT2D eigenvalue weighted by Gasteiger charge is -2.33. The molecule has 0 heterocycles. The highest BCUT2D eigenvalue weighted by molar-refractivity contribution is 5.99. The number of nitrogens with zero attached hydrogens (tertiary/aromatic N) is 1. The van der Waals surface area contributed by atoms with E-state index in [2.05, 4.69) is 10.6 Å². The Morgan fingerprint density at radius 2 is 1.71 bits per heavy atom. The summed E-state index contributed by atoms with van der Waals surface area (Å²) in [6.07, 6.45) is -0.859. The van der Waals surface area contributed by atoms with E-state index in [0.717, 1.165) is 5.56 Å². The minimum atomic E-state index is -1.32. The quantitative estimate of drug-likeness (QED) is 0.454. The zero-order chi connectivity index (χ0) is 26.3. The van der Waals surface area contributed by atoms with Gasteiger partial charge in [0.25, 0.3) is 5.91 Å². The van der Waals surface area contributed by atoms with Crippen molar-refractivity contribution in [2.75, 3.05) is 18.5 Å². The van der Waals surface area contributed by atoms with Gasteiger partial charge in [-0.3, -0.25) is 9.59 Å². The van der Waals surface area contributed by atoms with E-state index in [4.69, 9.17) is 4.74 Å². The van der Waals surface area contributed by atoms with Gasteiger partial charge in [-0.1, -0.05) is 24.3 Å². The number of carbonyl (C=O) groups excluding carboxylic acids is 3. The summed E-state index contributed by atoms with van der Waals surface area (Å²) in [6, 6.07) is 9.48. The molecule has 190 valence electrons. The minimum absolute atomic E-state index is 0.0565. The van der Waals surface area contributed by atoms with E-state index in [1.807, 2.05) is 19.1 Å². The Morgan fingerprint density at radius 1 is 1.06 bits per heavy atom. The van der Waals surface area contributed by atoms with Gasteiger partial charge in [0.1, 0.15) is 23.4 Å². The number of rotatable bonds is 8. The third-order valence-corrected chi connectivity index (χ3v) is 5.29. The number of amides is 3. The minimum Gasteiger partial charge on any atom is -0.508 e. The smallest absolute Gasteiger partial charge is 0.408 e. The van der Waals surface area contributed by atoms with Crippen molar-refractivity contribution in [2.24, 2.45) is 0 Å². The number of hydrogen-bond acceptors (Lipinski definition) is 6. The molecular formula is C26H35N3O6. The molecule has 9 heteroatoms. The van der Waals surface area contributed by atoms with Crippen LogP contribution in [0.2, 0.25) is 0 Å². The molecule has 2 rings (SSSR count). The first kappa shape index (κ1) is 27.7. The van der Waals surface area contributed by atoms with E-state index in [1.54, 1.807) is 58.9 Å². The van der Waals surface area contributed by atoms with Crippen molar-refractivity contribution in [3.8, 4) is 5.75 Å². The van der Waals surface area contributed by atoms with Gasteiger partial charge in [0.15, 0.2) is 0 Å². The Kier molecular flexibility index (Phi) is 9.25. The Morgan fingerprint density at radius 3 is 2.26 bits per heavy atom. The number of hydrogen-bond donors (Lipinski definition) is 4. The van der Waals surface area contributed by atoms with Crippen molar-refractivity contribution in [1.82, 2.24) is 10.2 Å². The summed E-state index contributed by atoms with van der Waals surface area (Å²) in [4.78, 5) is 40.5. The summed E-state index contributed by atoms with van der Waals surface area (Å²) in [5.41, 5.74) is 1.64. The molecule has 35 heavy (non-hydrogen) atoms. The van der Waals surface area contributed by atoms with E-state index in [9.17, 15) is 24.6 Å². The molecule has 0 saturated heterocycles. The number of likely N-dealkylation sites (N-methyl/N-ethyl adjacent to an activating group) is 1. The average molecular weight is 486 g/mol. The van der Waals surface area contributed by atoms with Crippen LogP contribution in [-0.2, 0) is 14.3 Å². The molecule has 0 bridgehead atoms. The SMILES string of the molecule is CCN(C(=O)C(CO)NC(=O)OC(C)(C)C)C(C(=O)Nc1ccccc1C)c1ccc(O)c(C)c1. The second kappa shape index (κ2) is 11.7. The number of benzene rings is 2. The number of para-hydroxylation sites is 1. The number of aromatic hydroxyl groups is 1. The molecule has 3 amide bonds. The molecule has 2 aromatic rings. The van der Waals surface area contributed by atoms with Crippen molar-refractivity contribution in [3.05, 3.63) is 59.2 Å². The third-order valence-electron chi connectivity index (χ3n) is 5.29. The summed E-state index contributed by atoms with van der Waals surface area (Å²) in [7, 11) is 0. The fraction of sp³-hybridized carbons (Fsp3) is 0.423. The molecule has 0 fully saturated rings. The van der Waals surface area contributed by atoms with Crippen LogP contribution in [0.5, 0.6) is 5.75 Å². The molecule has 9 nitrogen and oxygen atoms in total. The molecular weight excluding hydrogens is 450 g/mol. The van der Waals surface area contributed by atoms with Gasteiger partial charge in [-0.2, -0.15) is 0 Å². The molecule has 0 spiro atoms. The Labute approximate surface area is 206 Å². The highest BCUT2D eigenvalue weighted by Gasteiger charge is 2.35. The predicted molar refractivity (Wildman–Crippen MR) is 133 cm³/mol. The monoisotopic (exact) mass is 485 g/mol. The van der Waals surface area contributed by atoms with Crippen molar-refractivity contribution in [3.63, 3.8) is 0 Å². The van der Waals surface area contributed by atoms with Crippen LogP contribution in [0.1, 0.15) is 50.4 Å². The van der Waals surface area contributed by atoms with Crippen LogP contribution in [0.3, 0.4) is 0 Å². The van der Waals surface area contributed by atoms with Gasteiger partial charge in [-0.25, -0.2) is 4.79 Å². The van der Waals surface area contributed by atoms with Crippen LogP contribution >= 0.6 is 0 Å². The number of phenolic OH excluding ortho intramolecular Hbond substituents is 1. The lowest BCUT2D eigenvalue weighted by atomic mass is 10.00. The number of anilines is 1. The van der Waals surface area contributed by atoms with E-state index in [-0.39, 0.29) is 12.3 Å². The van der Waals surface area contributed by atoms with Gasteiger partial charge in [0.05, 0.1) is 6.61 Å². The van der Waals surface area contributed by atoms with E-state index < -0.39 is 42.2 Å². The van der Waals surface area contributed by atoms with Crippen molar-refractivity contribution in [1.29, 1.82) is 0 Å². The molecule has 0 aliphatic heterocycles. The molecule has 0 saturated carbocycles. The maximum absolute atomic E-state index is 13.5. The fourth-order valence-corrected chi connectivity index (χ4v) is 3.54. The van der Waals surface area contributed by atoms with Gasteiger partial charge in [0.2, 0.25) is 5.91 Å². The number of nitrogens with one attached hydrogen (secondary N) is 2. The number of carbonyl (C=O) groups is 3. The summed E-state index contributed by atoms with van der Waals surface area (Å²) in [5, 5.41) is 25.1. The summed E-state index contributed by atoms with van der Waals surface area (Å²) in [6.45, 7) is 9.70. The number of aliphatic hydroxyl groups is 1. The van der Waals surface area contributed by atoms with Gasteiger partial charge in [-0.15, -0.1) is 0 Å². The number of alkyl carbamates (subject to hydrolysis) is 1. The molecule has 0 aromatic heterocycles. The number of aryl methyl sites for hydroxylation is 2. The molecule has 2 aromatic carbocycles. The number of phenols is 1. The summed E-state index contributed by atoms with van der Waals surface area (Å²) in [5.74, 6) is -1.08. The van der Waals surface area contributed by atoms with Crippen LogP contribution in [0, 0.1) is 13.8 Å². The van der Waals surface area contributed by atoms with Crippen molar-refractivity contribution in [2.45, 2.75) is 59.2 Å². The largest absolute Gasteiger partial charge is 0.508 e.